The third-order valence-corrected chi connectivity index (χ3v) is 2.98. The van der Waals surface area contributed by atoms with Crippen molar-refractivity contribution in [3.8, 4) is 0 Å². The molecule has 0 radical (unpaired) electrons. The van der Waals surface area contributed by atoms with E-state index in [1.54, 1.807) is 13.8 Å². The molecule has 0 saturated heterocycles. The van der Waals surface area contributed by atoms with Gasteiger partial charge in [-0.05, 0) is 31.9 Å². The summed E-state index contributed by atoms with van der Waals surface area (Å²) in [6, 6.07) is 8.76. The summed E-state index contributed by atoms with van der Waals surface area (Å²) in [6.45, 7) is 3.63. The molecule has 0 fully saturated rings. The second-order valence-corrected chi connectivity index (χ2v) is 4.68. The number of amides is 2. The van der Waals surface area contributed by atoms with E-state index in [0.717, 1.165) is 10.6 Å². The molecular formula is C17H22N2O5. The zero-order chi connectivity index (χ0) is 17.8. The normalized spacial score (nSPS) is 11.6. The van der Waals surface area contributed by atoms with Crippen LogP contribution >= 0.6 is 0 Å². The van der Waals surface area contributed by atoms with Gasteiger partial charge in [-0.15, -0.1) is 0 Å². The fraction of sp³-hybridized carbons (Fsp3) is 0.353. The van der Waals surface area contributed by atoms with Crippen molar-refractivity contribution < 1.29 is 23.9 Å². The Bertz CT molecular complexity index is 559. The van der Waals surface area contributed by atoms with E-state index in [-0.39, 0.29) is 13.2 Å². The molecule has 2 amide bonds. The first kappa shape index (κ1) is 19.2. The Hall–Kier alpha value is -2.83. The number of allylic oxidation sites excluding steroid dienone is 1. The minimum atomic E-state index is -0.775. The summed E-state index contributed by atoms with van der Waals surface area (Å²) >= 11 is 0. The van der Waals surface area contributed by atoms with Gasteiger partial charge in [-0.1, -0.05) is 36.4 Å². The van der Waals surface area contributed by atoms with E-state index in [0.29, 0.717) is 12.7 Å². The number of hydrogen-bond acceptors (Lipinski definition) is 5. The molecule has 7 heteroatoms. The van der Waals surface area contributed by atoms with Crippen molar-refractivity contribution in [3.63, 3.8) is 0 Å². The standard InChI is InChI=1S/C17H22N2O5/c1-3-23-16(21)18-19(17(22)24-4-2)15(11-8-12-20)13-14-9-6-5-7-10-14/h5-12,15H,3-4,13H2,1-2H3,(H,18,21)/b11-8+/t15-/m1/s1. The SMILES string of the molecule is CCOC(=O)NN(C(=O)OCC)[C@H](/C=C/C=O)Cc1ccccc1. The predicted octanol–water partition coefficient (Wildman–Crippen LogP) is 2.47. The lowest BCUT2D eigenvalue weighted by molar-refractivity contribution is -0.104. The summed E-state index contributed by atoms with van der Waals surface area (Å²) in [7, 11) is 0. The number of rotatable bonds is 7. The van der Waals surface area contributed by atoms with Gasteiger partial charge < -0.3 is 9.47 Å². The molecule has 1 atom stereocenters. The molecular weight excluding hydrogens is 312 g/mol. The van der Waals surface area contributed by atoms with Crippen LogP contribution in [0.5, 0.6) is 0 Å². The number of hydrazine groups is 1. The molecule has 0 spiro atoms. The van der Waals surface area contributed by atoms with Gasteiger partial charge in [-0.3, -0.25) is 4.79 Å². The first-order valence-electron chi connectivity index (χ1n) is 7.67. The highest BCUT2D eigenvalue weighted by atomic mass is 16.6. The van der Waals surface area contributed by atoms with Crippen molar-refractivity contribution in [3.05, 3.63) is 48.0 Å². The van der Waals surface area contributed by atoms with Crippen LogP contribution in [0.2, 0.25) is 0 Å². The van der Waals surface area contributed by atoms with Crippen molar-refractivity contribution >= 4 is 18.5 Å². The molecule has 0 aliphatic rings. The fourth-order valence-electron chi connectivity index (χ4n) is 1.99. The van der Waals surface area contributed by atoms with Gasteiger partial charge in [-0.25, -0.2) is 20.0 Å². The van der Waals surface area contributed by atoms with Crippen molar-refractivity contribution in [1.82, 2.24) is 10.4 Å². The summed E-state index contributed by atoms with van der Waals surface area (Å²) in [5.74, 6) is 0. The molecule has 1 N–H and O–H groups in total. The lowest BCUT2D eigenvalue weighted by Gasteiger charge is -2.28. The largest absolute Gasteiger partial charge is 0.449 e. The third kappa shape index (κ3) is 6.51. The Morgan fingerprint density at radius 2 is 1.83 bits per heavy atom. The van der Waals surface area contributed by atoms with Gasteiger partial charge in [0, 0.05) is 0 Å². The molecule has 0 saturated carbocycles. The smallest absolute Gasteiger partial charge is 0.429 e. The highest BCUT2D eigenvalue weighted by Crippen LogP contribution is 2.11. The van der Waals surface area contributed by atoms with Crippen molar-refractivity contribution in [2.24, 2.45) is 0 Å². The van der Waals surface area contributed by atoms with Crippen molar-refractivity contribution in [2.75, 3.05) is 13.2 Å². The van der Waals surface area contributed by atoms with Gasteiger partial charge in [0.25, 0.3) is 0 Å². The fourth-order valence-corrected chi connectivity index (χ4v) is 1.99. The zero-order valence-corrected chi connectivity index (χ0v) is 13.8. The summed E-state index contributed by atoms with van der Waals surface area (Å²) < 4.78 is 9.79. The number of aldehydes is 1. The Labute approximate surface area is 141 Å². The van der Waals surface area contributed by atoms with E-state index < -0.39 is 18.2 Å². The van der Waals surface area contributed by atoms with Crippen LogP contribution in [0.1, 0.15) is 19.4 Å². The number of carbonyl (C=O) groups excluding carboxylic acids is 3. The van der Waals surface area contributed by atoms with Gasteiger partial charge in [0.2, 0.25) is 0 Å². The number of hydrogen-bond donors (Lipinski definition) is 1. The summed E-state index contributed by atoms with van der Waals surface area (Å²) in [5, 5.41) is 1.02. The Morgan fingerprint density at radius 3 is 2.42 bits per heavy atom. The average Bonchev–Trinajstić information content (AvgIpc) is 2.58. The Kier molecular flexibility index (Phi) is 8.67. The second-order valence-electron chi connectivity index (χ2n) is 4.68. The number of benzene rings is 1. The lowest BCUT2D eigenvalue weighted by atomic mass is 10.1. The molecule has 1 aromatic rings. The van der Waals surface area contributed by atoms with E-state index in [2.05, 4.69) is 5.43 Å². The van der Waals surface area contributed by atoms with Crippen molar-refractivity contribution in [2.45, 2.75) is 26.3 Å². The molecule has 0 bridgehead atoms. The highest BCUT2D eigenvalue weighted by Gasteiger charge is 2.26. The average molecular weight is 334 g/mol. The number of ether oxygens (including phenoxy) is 2. The first-order chi connectivity index (χ1) is 11.6. The number of carbonyl (C=O) groups is 3. The zero-order valence-electron chi connectivity index (χ0n) is 13.8. The molecule has 0 aliphatic heterocycles. The number of nitrogens with zero attached hydrogens (tertiary/aromatic N) is 1. The van der Waals surface area contributed by atoms with Gasteiger partial charge in [0.05, 0.1) is 19.3 Å². The summed E-state index contributed by atoms with van der Waals surface area (Å²) in [4.78, 5) is 34.6. The van der Waals surface area contributed by atoms with Gasteiger partial charge >= 0.3 is 12.2 Å². The maximum absolute atomic E-state index is 12.2. The van der Waals surface area contributed by atoms with Crippen LogP contribution in [0.4, 0.5) is 9.59 Å². The predicted molar refractivity (Wildman–Crippen MR) is 88.2 cm³/mol. The van der Waals surface area contributed by atoms with Crippen LogP contribution in [-0.4, -0.2) is 42.7 Å². The number of nitrogens with one attached hydrogen (secondary N) is 1. The van der Waals surface area contributed by atoms with Gasteiger partial charge in [0.1, 0.15) is 6.29 Å². The molecule has 0 heterocycles. The van der Waals surface area contributed by atoms with E-state index in [9.17, 15) is 14.4 Å². The quantitative estimate of drug-likeness (QED) is 0.470. The van der Waals surface area contributed by atoms with Crippen LogP contribution < -0.4 is 5.43 Å². The van der Waals surface area contributed by atoms with E-state index in [4.69, 9.17) is 9.47 Å². The van der Waals surface area contributed by atoms with E-state index in [1.165, 1.54) is 12.2 Å². The summed E-state index contributed by atoms with van der Waals surface area (Å²) in [6.07, 6.45) is 2.27. The monoisotopic (exact) mass is 334 g/mol. The van der Waals surface area contributed by atoms with Crippen LogP contribution in [-0.2, 0) is 20.7 Å². The molecule has 0 aromatic heterocycles. The Morgan fingerprint density at radius 1 is 1.17 bits per heavy atom. The van der Waals surface area contributed by atoms with Crippen LogP contribution in [0.25, 0.3) is 0 Å². The highest BCUT2D eigenvalue weighted by molar-refractivity contribution is 5.74. The maximum atomic E-state index is 12.2. The molecule has 1 aromatic carbocycles. The summed E-state index contributed by atoms with van der Waals surface area (Å²) in [5.41, 5.74) is 3.29. The maximum Gasteiger partial charge on any atom is 0.429 e. The first-order valence-corrected chi connectivity index (χ1v) is 7.67. The minimum absolute atomic E-state index is 0.148. The second kappa shape index (κ2) is 10.8. The topological polar surface area (TPSA) is 84.9 Å². The minimum Gasteiger partial charge on any atom is -0.449 e. The van der Waals surface area contributed by atoms with Crippen LogP contribution in [0, 0.1) is 0 Å². The molecule has 0 unspecified atom stereocenters. The van der Waals surface area contributed by atoms with Crippen molar-refractivity contribution in [1.29, 1.82) is 0 Å². The third-order valence-electron chi connectivity index (χ3n) is 2.98. The Balaban J connectivity index is 3.02. The van der Waals surface area contributed by atoms with E-state index in [1.807, 2.05) is 30.3 Å². The molecule has 130 valence electrons. The molecule has 7 nitrogen and oxygen atoms in total. The molecule has 1 rings (SSSR count). The van der Waals surface area contributed by atoms with Gasteiger partial charge in [0.15, 0.2) is 0 Å². The molecule has 24 heavy (non-hydrogen) atoms. The van der Waals surface area contributed by atoms with E-state index >= 15 is 0 Å². The van der Waals surface area contributed by atoms with Gasteiger partial charge in [-0.2, -0.15) is 0 Å². The van der Waals surface area contributed by atoms with Crippen LogP contribution in [0.3, 0.4) is 0 Å². The van der Waals surface area contributed by atoms with Crippen LogP contribution in [0.15, 0.2) is 42.5 Å². The molecule has 0 aliphatic carbocycles. The lowest BCUT2D eigenvalue weighted by Crippen LogP contribution is -2.52.